The average molecular weight is 455 g/mol. The van der Waals surface area contributed by atoms with Crippen LogP contribution < -0.4 is 20.3 Å². The van der Waals surface area contributed by atoms with Crippen LogP contribution in [0, 0.1) is 6.92 Å². The SMILES string of the molecule is COc1ccc(N2CCC(NC(=O)Cc3csc(NC(=O)c4ccoc4C)n3)CC2)cc1. The largest absolute Gasteiger partial charge is 0.497 e. The lowest BCUT2D eigenvalue weighted by atomic mass is 10.0. The van der Waals surface area contributed by atoms with Gasteiger partial charge in [-0.15, -0.1) is 11.3 Å². The van der Waals surface area contributed by atoms with E-state index in [-0.39, 0.29) is 24.3 Å². The van der Waals surface area contributed by atoms with Crippen molar-refractivity contribution in [1.29, 1.82) is 0 Å². The Morgan fingerprint density at radius 3 is 2.62 bits per heavy atom. The molecule has 4 rings (SSSR count). The van der Waals surface area contributed by atoms with Crippen molar-refractivity contribution < 1.29 is 18.7 Å². The van der Waals surface area contributed by atoms with Gasteiger partial charge in [0.05, 0.1) is 31.1 Å². The predicted octanol–water partition coefficient (Wildman–Crippen LogP) is 3.63. The zero-order valence-electron chi connectivity index (χ0n) is 18.1. The summed E-state index contributed by atoms with van der Waals surface area (Å²) in [4.78, 5) is 31.4. The number of hydrogen-bond donors (Lipinski definition) is 2. The van der Waals surface area contributed by atoms with Crippen LogP contribution in [0.2, 0.25) is 0 Å². The molecule has 0 saturated carbocycles. The number of carbonyl (C=O) groups excluding carboxylic acids is 2. The standard InChI is InChI=1S/C23H26N4O4S/c1-15-20(9-12-31-15)22(29)26-23-25-17(14-32-23)13-21(28)24-16-7-10-27(11-8-16)18-3-5-19(30-2)6-4-18/h3-6,9,12,14,16H,7-8,10-11,13H2,1-2H3,(H,24,28)(H,25,26,29). The predicted molar refractivity (Wildman–Crippen MR) is 124 cm³/mol. The highest BCUT2D eigenvalue weighted by Gasteiger charge is 2.21. The number of hydrogen-bond acceptors (Lipinski definition) is 7. The van der Waals surface area contributed by atoms with Gasteiger partial charge in [0.2, 0.25) is 5.91 Å². The van der Waals surface area contributed by atoms with Crippen LogP contribution in [0.4, 0.5) is 10.8 Å². The van der Waals surface area contributed by atoms with Crippen LogP contribution in [0.3, 0.4) is 0 Å². The minimum absolute atomic E-state index is 0.0539. The molecule has 0 bridgehead atoms. The summed E-state index contributed by atoms with van der Waals surface area (Å²) in [5.41, 5.74) is 2.28. The van der Waals surface area contributed by atoms with Crippen molar-refractivity contribution in [3.63, 3.8) is 0 Å². The minimum atomic E-state index is -0.273. The molecule has 0 radical (unpaired) electrons. The maximum absolute atomic E-state index is 12.5. The highest BCUT2D eigenvalue weighted by molar-refractivity contribution is 7.14. The maximum Gasteiger partial charge on any atom is 0.260 e. The van der Waals surface area contributed by atoms with Gasteiger partial charge in [-0.3, -0.25) is 14.9 Å². The summed E-state index contributed by atoms with van der Waals surface area (Å²) in [5.74, 6) is 1.07. The van der Waals surface area contributed by atoms with Gasteiger partial charge in [0.1, 0.15) is 11.5 Å². The van der Waals surface area contributed by atoms with E-state index in [4.69, 9.17) is 9.15 Å². The molecule has 1 fully saturated rings. The van der Waals surface area contributed by atoms with E-state index in [1.54, 1.807) is 25.5 Å². The molecule has 2 aromatic heterocycles. The van der Waals surface area contributed by atoms with Gasteiger partial charge < -0.3 is 19.4 Å². The Bertz CT molecular complexity index is 1070. The molecule has 168 valence electrons. The Morgan fingerprint density at radius 1 is 1.22 bits per heavy atom. The smallest absolute Gasteiger partial charge is 0.260 e. The molecule has 9 heteroatoms. The molecule has 3 heterocycles. The van der Waals surface area contributed by atoms with E-state index in [0.717, 1.165) is 31.7 Å². The first kappa shape index (κ1) is 21.9. The number of benzene rings is 1. The lowest BCUT2D eigenvalue weighted by Gasteiger charge is -2.34. The van der Waals surface area contributed by atoms with Gasteiger partial charge in [-0.1, -0.05) is 0 Å². The molecule has 0 aliphatic carbocycles. The Hall–Kier alpha value is -3.33. The molecule has 8 nitrogen and oxygen atoms in total. The third-order valence-electron chi connectivity index (χ3n) is 5.51. The van der Waals surface area contributed by atoms with E-state index in [1.165, 1.54) is 23.3 Å². The van der Waals surface area contributed by atoms with E-state index in [9.17, 15) is 9.59 Å². The summed E-state index contributed by atoms with van der Waals surface area (Å²) in [6, 6.07) is 9.81. The Kier molecular flexibility index (Phi) is 6.75. The van der Waals surface area contributed by atoms with Crippen LogP contribution >= 0.6 is 11.3 Å². The summed E-state index contributed by atoms with van der Waals surface area (Å²) in [6.07, 6.45) is 3.44. The number of piperidine rings is 1. The zero-order chi connectivity index (χ0) is 22.5. The molecule has 0 atom stereocenters. The van der Waals surface area contributed by atoms with E-state index in [2.05, 4.69) is 32.7 Å². The van der Waals surface area contributed by atoms with Gasteiger partial charge in [-0.05, 0) is 50.1 Å². The number of furan rings is 1. The normalized spacial score (nSPS) is 14.2. The average Bonchev–Trinajstić information content (AvgIpc) is 3.42. The number of ether oxygens (including phenoxy) is 1. The number of nitrogens with one attached hydrogen (secondary N) is 2. The Balaban J connectivity index is 1.23. The second-order valence-electron chi connectivity index (χ2n) is 7.69. The first-order valence-corrected chi connectivity index (χ1v) is 11.4. The van der Waals surface area contributed by atoms with E-state index >= 15 is 0 Å². The third kappa shape index (κ3) is 5.28. The quantitative estimate of drug-likeness (QED) is 0.566. The number of carbonyl (C=O) groups is 2. The van der Waals surface area contributed by atoms with Gasteiger partial charge >= 0.3 is 0 Å². The molecule has 1 aliphatic heterocycles. The van der Waals surface area contributed by atoms with Gasteiger partial charge in [0.15, 0.2) is 5.13 Å². The molecule has 2 amide bonds. The van der Waals surface area contributed by atoms with Crippen LogP contribution in [-0.4, -0.2) is 43.0 Å². The molecule has 1 aliphatic rings. The second-order valence-corrected chi connectivity index (χ2v) is 8.55. The third-order valence-corrected chi connectivity index (χ3v) is 6.32. The lowest BCUT2D eigenvalue weighted by molar-refractivity contribution is -0.121. The number of aromatic nitrogens is 1. The molecule has 1 saturated heterocycles. The number of amides is 2. The van der Waals surface area contributed by atoms with Crippen LogP contribution in [0.1, 0.15) is 34.7 Å². The number of rotatable bonds is 7. The maximum atomic E-state index is 12.5. The highest BCUT2D eigenvalue weighted by Crippen LogP contribution is 2.23. The van der Waals surface area contributed by atoms with Crippen molar-refractivity contribution in [2.75, 3.05) is 30.4 Å². The van der Waals surface area contributed by atoms with E-state index < -0.39 is 0 Å². The molecule has 32 heavy (non-hydrogen) atoms. The monoisotopic (exact) mass is 454 g/mol. The number of nitrogens with zero attached hydrogens (tertiary/aromatic N) is 2. The molecular formula is C23H26N4O4S. The van der Waals surface area contributed by atoms with Crippen molar-refractivity contribution in [1.82, 2.24) is 10.3 Å². The summed E-state index contributed by atoms with van der Waals surface area (Å²) in [6.45, 7) is 3.50. The summed E-state index contributed by atoms with van der Waals surface area (Å²) >= 11 is 1.30. The fourth-order valence-corrected chi connectivity index (χ4v) is 4.45. The van der Waals surface area contributed by atoms with Crippen molar-refractivity contribution in [3.05, 3.63) is 59.0 Å². The Morgan fingerprint density at radius 2 is 1.97 bits per heavy atom. The van der Waals surface area contributed by atoms with Crippen LogP contribution in [0.5, 0.6) is 5.75 Å². The van der Waals surface area contributed by atoms with E-state index in [0.29, 0.717) is 22.1 Å². The number of anilines is 2. The second kappa shape index (κ2) is 9.86. The fraction of sp³-hybridized carbons (Fsp3) is 0.348. The van der Waals surface area contributed by atoms with Crippen LogP contribution in [0.15, 0.2) is 46.4 Å². The Labute approximate surface area is 190 Å². The number of thiazole rings is 1. The molecule has 1 aromatic carbocycles. The van der Waals surface area contributed by atoms with Gasteiger partial charge in [-0.2, -0.15) is 0 Å². The lowest BCUT2D eigenvalue weighted by Crippen LogP contribution is -2.45. The van der Waals surface area contributed by atoms with Crippen LogP contribution in [-0.2, 0) is 11.2 Å². The van der Waals surface area contributed by atoms with Crippen molar-refractivity contribution >= 4 is 34.0 Å². The summed E-state index contributed by atoms with van der Waals surface area (Å²) in [5, 5.41) is 8.13. The van der Waals surface area contributed by atoms with Crippen molar-refractivity contribution in [2.45, 2.75) is 32.2 Å². The first-order valence-electron chi connectivity index (χ1n) is 10.5. The zero-order valence-corrected chi connectivity index (χ0v) is 18.9. The minimum Gasteiger partial charge on any atom is -0.497 e. The first-order chi connectivity index (χ1) is 15.5. The van der Waals surface area contributed by atoms with Gasteiger partial charge in [-0.25, -0.2) is 4.98 Å². The van der Waals surface area contributed by atoms with Gasteiger partial charge in [0.25, 0.3) is 5.91 Å². The molecular weight excluding hydrogens is 428 g/mol. The van der Waals surface area contributed by atoms with Crippen molar-refractivity contribution in [2.24, 2.45) is 0 Å². The van der Waals surface area contributed by atoms with E-state index in [1.807, 2.05) is 12.1 Å². The van der Waals surface area contributed by atoms with Gasteiger partial charge in [0, 0.05) is 30.2 Å². The topological polar surface area (TPSA) is 96.7 Å². The number of aryl methyl sites for hydroxylation is 1. The van der Waals surface area contributed by atoms with Crippen molar-refractivity contribution in [3.8, 4) is 5.75 Å². The molecule has 3 aromatic rings. The highest BCUT2D eigenvalue weighted by atomic mass is 32.1. The fourth-order valence-electron chi connectivity index (χ4n) is 3.75. The molecule has 0 unspecified atom stereocenters. The van der Waals surface area contributed by atoms with Crippen LogP contribution in [0.25, 0.3) is 0 Å². The molecule has 2 N–H and O–H groups in total. The summed E-state index contributed by atoms with van der Waals surface area (Å²) < 4.78 is 10.4. The molecule has 0 spiro atoms. The number of methoxy groups -OCH3 is 1. The summed E-state index contributed by atoms with van der Waals surface area (Å²) in [7, 11) is 1.66.